The molecule has 0 spiro atoms. The molecule has 16 heavy (non-hydrogen) atoms. The molecule has 2 atom stereocenters. The molecule has 0 saturated carbocycles. The molecule has 0 aliphatic carbocycles. The van der Waals surface area contributed by atoms with Gasteiger partial charge in [-0.25, -0.2) is 8.78 Å². The number of hydrogen-bond acceptors (Lipinski definition) is 3. The molecule has 2 unspecified atom stereocenters. The average molecular weight is 228 g/mol. The van der Waals surface area contributed by atoms with Crippen LogP contribution in [0, 0.1) is 11.6 Å². The van der Waals surface area contributed by atoms with Crippen LogP contribution in [0.2, 0.25) is 0 Å². The lowest BCUT2D eigenvalue weighted by Gasteiger charge is -2.22. The van der Waals surface area contributed by atoms with E-state index >= 15 is 0 Å². The number of nitrogens with two attached hydrogens (primary N) is 1. The van der Waals surface area contributed by atoms with E-state index in [2.05, 4.69) is 5.43 Å². The van der Waals surface area contributed by atoms with E-state index in [1.165, 1.54) is 6.07 Å². The summed E-state index contributed by atoms with van der Waals surface area (Å²) in [5.41, 5.74) is 3.20. The Morgan fingerprint density at radius 1 is 1.38 bits per heavy atom. The summed E-state index contributed by atoms with van der Waals surface area (Å²) in [7, 11) is 0. The van der Waals surface area contributed by atoms with Crippen LogP contribution in [0.3, 0.4) is 0 Å². The molecule has 1 fully saturated rings. The second kappa shape index (κ2) is 4.86. The molecule has 3 nitrogen and oxygen atoms in total. The molecule has 1 aromatic carbocycles. The SMILES string of the molecule is NNC(c1ccc(F)c(F)c1)C1CCCO1. The fourth-order valence-electron chi connectivity index (χ4n) is 1.99. The molecule has 88 valence electrons. The maximum Gasteiger partial charge on any atom is 0.159 e. The van der Waals surface area contributed by atoms with E-state index in [0.29, 0.717) is 12.2 Å². The lowest BCUT2D eigenvalue weighted by atomic mass is 10.00. The van der Waals surface area contributed by atoms with Crippen LogP contribution in [0.1, 0.15) is 24.4 Å². The standard InChI is InChI=1S/C11H14F2N2O/c12-8-4-3-7(6-9(8)13)11(15-14)10-2-1-5-16-10/h3-4,6,10-11,15H,1-2,5,14H2. The zero-order chi connectivity index (χ0) is 11.5. The molecule has 1 aliphatic rings. The van der Waals surface area contributed by atoms with Gasteiger partial charge in [0.05, 0.1) is 12.1 Å². The van der Waals surface area contributed by atoms with Gasteiger partial charge in [-0.05, 0) is 30.5 Å². The lowest BCUT2D eigenvalue weighted by molar-refractivity contribution is 0.0782. The number of nitrogens with one attached hydrogen (secondary N) is 1. The maximum atomic E-state index is 13.1. The molecule has 2 rings (SSSR count). The number of hydrogen-bond donors (Lipinski definition) is 2. The molecular formula is C11H14F2N2O. The van der Waals surface area contributed by atoms with Crippen LogP contribution in [-0.2, 0) is 4.74 Å². The number of halogens is 2. The van der Waals surface area contributed by atoms with Gasteiger partial charge in [0.15, 0.2) is 11.6 Å². The van der Waals surface area contributed by atoms with Crippen molar-refractivity contribution < 1.29 is 13.5 Å². The topological polar surface area (TPSA) is 47.3 Å². The zero-order valence-corrected chi connectivity index (χ0v) is 8.75. The quantitative estimate of drug-likeness (QED) is 0.611. The van der Waals surface area contributed by atoms with Crippen molar-refractivity contribution in [1.29, 1.82) is 0 Å². The number of ether oxygens (including phenoxy) is 1. The second-order valence-corrected chi connectivity index (χ2v) is 3.87. The predicted octanol–water partition coefficient (Wildman–Crippen LogP) is 1.65. The van der Waals surface area contributed by atoms with Gasteiger partial charge in [0.1, 0.15) is 0 Å². The predicted molar refractivity (Wildman–Crippen MR) is 55.4 cm³/mol. The fourth-order valence-corrected chi connectivity index (χ4v) is 1.99. The summed E-state index contributed by atoms with van der Waals surface area (Å²) < 4.78 is 31.3. The summed E-state index contributed by atoms with van der Waals surface area (Å²) in [4.78, 5) is 0. The first-order valence-corrected chi connectivity index (χ1v) is 5.25. The van der Waals surface area contributed by atoms with Gasteiger partial charge in [-0.1, -0.05) is 6.07 Å². The summed E-state index contributed by atoms with van der Waals surface area (Å²) in [5.74, 6) is 3.71. The fraction of sp³-hybridized carbons (Fsp3) is 0.455. The third-order valence-electron chi connectivity index (χ3n) is 2.82. The first kappa shape index (κ1) is 11.4. The second-order valence-electron chi connectivity index (χ2n) is 3.87. The van der Waals surface area contributed by atoms with E-state index in [1.54, 1.807) is 0 Å². The van der Waals surface area contributed by atoms with E-state index in [0.717, 1.165) is 25.0 Å². The molecular weight excluding hydrogens is 214 g/mol. The highest BCUT2D eigenvalue weighted by Crippen LogP contribution is 2.27. The van der Waals surface area contributed by atoms with E-state index < -0.39 is 11.6 Å². The van der Waals surface area contributed by atoms with Crippen LogP contribution in [0.5, 0.6) is 0 Å². The van der Waals surface area contributed by atoms with Crippen molar-refractivity contribution in [1.82, 2.24) is 5.43 Å². The third kappa shape index (κ3) is 2.21. The highest BCUT2D eigenvalue weighted by molar-refractivity contribution is 5.22. The summed E-state index contributed by atoms with van der Waals surface area (Å²) in [5, 5.41) is 0. The van der Waals surface area contributed by atoms with Crippen LogP contribution >= 0.6 is 0 Å². The lowest BCUT2D eigenvalue weighted by Crippen LogP contribution is -2.36. The molecule has 0 aromatic heterocycles. The number of rotatable bonds is 3. The van der Waals surface area contributed by atoms with Crippen molar-refractivity contribution in [3.63, 3.8) is 0 Å². The van der Waals surface area contributed by atoms with E-state index in [9.17, 15) is 8.78 Å². The Morgan fingerprint density at radius 2 is 2.19 bits per heavy atom. The summed E-state index contributed by atoms with van der Waals surface area (Å²) >= 11 is 0. The third-order valence-corrected chi connectivity index (χ3v) is 2.82. The minimum atomic E-state index is -0.865. The Labute approximate surface area is 92.6 Å². The minimum Gasteiger partial charge on any atom is -0.376 e. The van der Waals surface area contributed by atoms with E-state index in [4.69, 9.17) is 10.6 Å². The zero-order valence-electron chi connectivity index (χ0n) is 8.75. The monoisotopic (exact) mass is 228 g/mol. The smallest absolute Gasteiger partial charge is 0.159 e. The van der Waals surface area contributed by atoms with Crippen molar-refractivity contribution in [3.8, 4) is 0 Å². The first-order chi connectivity index (χ1) is 7.72. The Hall–Kier alpha value is -1.04. The van der Waals surface area contributed by atoms with Gasteiger partial charge in [-0.2, -0.15) is 0 Å². The highest BCUT2D eigenvalue weighted by Gasteiger charge is 2.26. The van der Waals surface area contributed by atoms with E-state index in [-0.39, 0.29) is 12.1 Å². The summed E-state index contributed by atoms with van der Waals surface area (Å²) in [6.45, 7) is 0.687. The molecule has 1 aromatic rings. The Kier molecular flexibility index (Phi) is 3.48. The summed E-state index contributed by atoms with van der Waals surface area (Å²) in [6.07, 6.45) is 1.76. The van der Waals surface area contributed by atoms with Crippen LogP contribution in [0.25, 0.3) is 0 Å². The molecule has 0 radical (unpaired) electrons. The van der Waals surface area contributed by atoms with Gasteiger partial charge in [0.2, 0.25) is 0 Å². The maximum absolute atomic E-state index is 13.1. The Balaban J connectivity index is 2.22. The van der Waals surface area contributed by atoms with Crippen LogP contribution in [-0.4, -0.2) is 12.7 Å². The van der Waals surface area contributed by atoms with Crippen molar-refractivity contribution in [2.75, 3.05) is 6.61 Å². The average Bonchev–Trinajstić information content (AvgIpc) is 2.78. The largest absolute Gasteiger partial charge is 0.376 e. The molecule has 1 saturated heterocycles. The van der Waals surface area contributed by atoms with Gasteiger partial charge in [-0.15, -0.1) is 0 Å². The van der Waals surface area contributed by atoms with Gasteiger partial charge in [0, 0.05) is 6.61 Å². The molecule has 3 N–H and O–H groups in total. The highest BCUT2D eigenvalue weighted by atomic mass is 19.2. The normalized spacial score (nSPS) is 22.3. The molecule has 1 heterocycles. The molecule has 0 amide bonds. The van der Waals surface area contributed by atoms with Gasteiger partial charge in [0.25, 0.3) is 0 Å². The Bertz CT molecular complexity index is 367. The minimum absolute atomic E-state index is 0.0742. The summed E-state index contributed by atoms with van der Waals surface area (Å²) in [6, 6.07) is 3.48. The van der Waals surface area contributed by atoms with Gasteiger partial charge < -0.3 is 4.74 Å². The number of benzene rings is 1. The van der Waals surface area contributed by atoms with Crippen molar-refractivity contribution in [2.24, 2.45) is 5.84 Å². The first-order valence-electron chi connectivity index (χ1n) is 5.25. The van der Waals surface area contributed by atoms with Crippen molar-refractivity contribution in [2.45, 2.75) is 25.0 Å². The van der Waals surface area contributed by atoms with E-state index in [1.807, 2.05) is 0 Å². The Morgan fingerprint density at radius 3 is 2.75 bits per heavy atom. The molecule has 1 aliphatic heterocycles. The number of hydrazine groups is 1. The van der Waals surface area contributed by atoms with Gasteiger partial charge in [-0.3, -0.25) is 11.3 Å². The van der Waals surface area contributed by atoms with Crippen molar-refractivity contribution >= 4 is 0 Å². The molecule has 5 heteroatoms. The van der Waals surface area contributed by atoms with Crippen LogP contribution in [0.4, 0.5) is 8.78 Å². The van der Waals surface area contributed by atoms with Crippen LogP contribution < -0.4 is 11.3 Å². The van der Waals surface area contributed by atoms with Crippen molar-refractivity contribution in [3.05, 3.63) is 35.4 Å². The van der Waals surface area contributed by atoms with Gasteiger partial charge >= 0.3 is 0 Å². The molecule has 0 bridgehead atoms. The van der Waals surface area contributed by atoms with Crippen LogP contribution in [0.15, 0.2) is 18.2 Å².